The van der Waals surface area contributed by atoms with Crippen molar-refractivity contribution >= 4 is 23.2 Å². The quantitative estimate of drug-likeness (QED) is 0.752. The molecule has 1 fully saturated rings. The minimum Gasteiger partial charge on any atom is -0.296 e. The van der Waals surface area contributed by atoms with Crippen LogP contribution in [0.3, 0.4) is 0 Å². The van der Waals surface area contributed by atoms with Gasteiger partial charge in [0.15, 0.2) is 0 Å². The van der Waals surface area contributed by atoms with Gasteiger partial charge in [-0.2, -0.15) is 5.26 Å². The molecule has 0 unspecified atom stereocenters. The number of likely N-dealkylation sites (tertiary alicyclic amines) is 1. The number of nitriles is 1. The topological polar surface area (TPSA) is 27.0 Å². The van der Waals surface area contributed by atoms with Gasteiger partial charge in [-0.15, -0.1) is 0 Å². The zero-order valence-corrected chi connectivity index (χ0v) is 14.4. The zero-order chi connectivity index (χ0) is 15.6. The normalized spacial score (nSPS) is 20.2. The van der Waals surface area contributed by atoms with Gasteiger partial charge in [-0.25, -0.2) is 0 Å². The Kier molecular flexibility index (Phi) is 5.20. The summed E-state index contributed by atoms with van der Waals surface area (Å²) in [5.74, 6) is 0.403. The van der Waals surface area contributed by atoms with Gasteiger partial charge in [-0.3, -0.25) is 4.90 Å². The molecule has 1 aromatic carbocycles. The van der Waals surface area contributed by atoms with Gasteiger partial charge in [-0.05, 0) is 49.4 Å². The van der Waals surface area contributed by atoms with Gasteiger partial charge in [0.05, 0.1) is 11.5 Å². The molecule has 1 atom stereocenters. The van der Waals surface area contributed by atoms with Crippen LogP contribution in [0.25, 0.3) is 0 Å². The molecule has 1 aromatic rings. The number of benzene rings is 1. The van der Waals surface area contributed by atoms with Crippen LogP contribution in [0.2, 0.25) is 10.0 Å². The highest BCUT2D eigenvalue weighted by Gasteiger charge is 2.38. The molecule has 0 bridgehead atoms. The molecule has 0 saturated carbocycles. The van der Waals surface area contributed by atoms with Crippen LogP contribution in [0.15, 0.2) is 18.2 Å². The van der Waals surface area contributed by atoms with Crippen molar-refractivity contribution < 1.29 is 0 Å². The Morgan fingerprint density at radius 2 is 1.62 bits per heavy atom. The van der Waals surface area contributed by atoms with Crippen LogP contribution < -0.4 is 0 Å². The summed E-state index contributed by atoms with van der Waals surface area (Å²) in [6.07, 6.45) is 1.86. The van der Waals surface area contributed by atoms with Crippen molar-refractivity contribution in [3.05, 3.63) is 33.8 Å². The fourth-order valence-electron chi connectivity index (χ4n) is 3.16. The van der Waals surface area contributed by atoms with E-state index < -0.39 is 0 Å². The smallest absolute Gasteiger partial charge is 0.0693 e. The van der Waals surface area contributed by atoms with Crippen LogP contribution in [-0.4, -0.2) is 18.0 Å². The third-order valence-corrected chi connectivity index (χ3v) is 5.37. The lowest BCUT2D eigenvalue weighted by atomic mass is 9.71. The standard InChI is InChI=1S/C17H22Cl2N2/c1-12(2)17(11-20)4-6-21(7-5-17)13(3)14-8-15(18)10-16(19)9-14/h8-10,12-13H,4-7H2,1-3H3/t13-/m0/s1. The van der Waals surface area contributed by atoms with Crippen LogP contribution in [0.1, 0.15) is 45.2 Å². The zero-order valence-electron chi connectivity index (χ0n) is 12.9. The van der Waals surface area contributed by atoms with Gasteiger partial charge in [0.25, 0.3) is 0 Å². The molecule has 21 heavy (non-hydrogen) atoms. The maximum Gasteiger partial charge on any atom is 0.0693 e. The van der Waals surface area contributed by atoms with E-state index in [-0.39, 0.29) is 11.5 Å². The summed E-state index contributed by atoms with van der Waals surface area (Å²) in [4.78, 5) is 2.42. The van der Waals surface area contributed by atoms with Crippen LogP contribution >= 0.6 is 23.2 Å². The van der Waals surface area contributed by atoms with Crippen molar-refractivity contribution in [3.63, 3.8) is 0 Å². The molecule has 0 spiro atoms. The Hall–Kier alpha value is -0.750. The molecule has 1 saturated heterocycles. The molecule has 1 aliphatic heterocycles. The van der Waals surface area contributed by atoms with E-state index in [1.54, 1.807) is 6.07 Å². The second-order valence-corrected chi connectivity index (χ2v) is 7.21. The van der Waals surface area contributed by atoms with Crippen molar-refractivity contribution in [2.45, 2.75) is 39.7 Å². The Balaban J connectivity index is 2.10. The second kappa shape index (κ2) is 6.57. The molecule has 1 heterocycles. The number of rotatable bonds is 3. The van der Waals surface area contributed by atoms with Gasteiger partial charge in [0.1, 0.15) is 0 Å². The number of hydrogen-bond acceptors (Lipinski definition) is 2. The second-order valence-electron chi connectivity index (χ2n) is 6.34. The first-order valence-corrected chi connectivity index (χ1v) is 8.25. The monoisotopic (exact) mass is 324 g/mol. The summed E-state index contributed by atoms with van der Waals surface area (Å²) in [6, 6.07) is 8.55. The van der Waals surface area contributed by atoms with E-state index >= 15 is 0 Å². The third-order valence-electron chi connectivity index (χ3n) is 4.93. The fraction of sp³-hybridized carbons (Fsp3) is 0.588. The summed E-state index contributed by atoms with van der Waals surface area (Å²) in [5.41, 5.74) is 0.976. The van der Waals surface area contributed by atoms with E-state index in [2.05, 4.69) is 31.7 Å². The van der Waals surface area contributed by atoms with Crippen molar-refractivity contribution in [2.24, 2.45) is 11.3 Å². The minimum absolute atomic E-state index is 0.164. The number of hydrogen-bond donors (Lipinski definition) is 0. The Bertz CT molecular complexity index is 520. The lowest BCUT2D eigenvalue weighted by Crippen LogP contribution is -2.42. The van der Waals surface area contributed by atoms with E-state index in [9.17, 15) is 5.26 Å². The summed E-state index contributed by atoms with van der Waals surface area (Å²) >= 11 is 12.2. The van der Waals surface area contributed by atoms with Gasteiger partial charge in [0, 0.05) is 29.2 Å². The highest BCUT2D eigenvalue weighted by Crippen LogP contribution is 2.40. The Labute approximate surface area is 137 Å². The number of halogens is 2. The Morgan fingerprint density at radius 3 is 2.05 bits per heavy atom. The molecule has 114 valence electrons. The largest absolute Gasteiger partial charge is 0.296 e. The number of piperidine rings is 1. The van der Waals surface area contributed by atoms with E-state index in [1.807, 2.05) is 12.1 Å². The van der Waals surface area contributed by atoms with Gasteiger partial charge < -0.3 is 0 Å². The molecule has 0 aromatic heterocycles. The molecule has 1 aliphatic rings. The first-order chi connectivity index (χ1) is 9.88. The first kappa shape index (κ1) is 16.6. The average Bonchev–Trinajstić information content (AvgIpc) is 2.45. The molecular formula is C17H22Cl2N2. The first-order valence-electron chi connectivity index (χ1n) is 7.49. The van der Waals surface area contributed by atoms with Gasteiger partial charge in [0.2, 0.25) is 0 Å². The van der Waals surface area contributed by atoms with Crippen LogP contribution in [0.4, 0.5) is 0 Å². The van der Waals surface area contributed by atoms with Crippen molar-refractivity contribution in [3.8, 4) is 6.07 Å². The predicted molar refractivity (Wildman–Crippen MR) is 88.6 cm³/mol. The highest BCUT2D eigenvalue weighted by molar-refractivity contribution is 6.34. The molecule has 4 heteroatoms. The van der Waals surface area contributed by atoms with E-state index in [4.69, 9.17) is 23.2 Å². The number of nitrogens with zero attached hydrogens (tertiary/aromatic N) is 2. The van der Waals surface area contributed by atoms with Crippen molar-refractivity contribution in [1.29, 1.82) is 5.26 Å². The third kappa shape index (κ3) is 3.54. The molecule has 0 aliphatic carbocycles. The lowest BCUT2D eigenvalue weighted by Gasteiger charge is -2.42. The van der Waals surface area contributed by atoms with E-state index in [0.29, 0.717) is 16.0 Å². The van der Waals surface area contributed by atoms with Crippen molar-refractivity contribution in [1.82, 2.24) is 4.90 Å². The molecule has 0 radical (unpaired) electrons. The molecular weight excluding hydrogens is 303 g/mol. The van der Waals surface area contributed by atoms with E-state index in [1.165, 1.54) is 0 Å². The van der Waals surface area contributed by atoms with Gasteiger partial charge in [-0.1, -0.05) is 37.0 Å². The lowest BCUT2D eigenvalue weighted by molar-refractivity contribution is 0.0825. The summed E-state index contributed by atoms with van der Waals surface area (Å²) in [5, 5.41) is 10.9. The minimum atomic E-state index is -0.164. The highest BCUT2D eigenvalue weighted by atomic mass is 35.5. The van der Waals surface area contributed by atoms with Crippen LogP contribution in [0.5, 0.6) is 0 Å². The van der Waals surface area contributed by atoms with Crippen molar-refractivity contribution in [2.75, 3.05) is 13.1 Å². The summed E-state index contributed by atoms with van der Waals surface area (Å²) < 4.78 is 0. The average molecular weight is 325 g/mol. The van der Waals surface area contributed by atoms with E-state index in [0.717, 1.165) is 31.5 Å². The maximum absolute atomic E-state index is 9.52. The van der Waals surface area contributed by atoms with Crippen LogP contribution in [0, 0.1) is 22.7 Å². The van der Waals surface area contributed by atoms with Crippen LogP contribution in [-0.2, 0) is 0 Å². The van der Waals surface area contributed by atoms with Gasteiger partial charge >= 0.3 is 0 Å². The molecule has 2 nitrogen and oxygen atoms in total. The fourth-order valence-corrected chi connectivity index (χ4v) is 3.70. The predicted octanol–water partition coefficient (Wildman–Crippen LogP) is 5.32. The maximum atomic E-state index is 9.52. The molecule has 0 amide bonds. The SMILES string of the molecule is CC(C)C1(C#N)CCN([C@@H](C)c2cc(Cl)cc(Cl)c2)CC1. The Morgan fingerprint density at radius 1 is 1.10 bits per heavy atom. The molecule has 0 N–H and O–H groups in total. The summed E-state index contributed by atoms with van der Waals surface area (Å²) in [6.45, 7) is 8.36. The molecule has 2 rings (SSSR count). The summed E-state index contributed by atoms with van der Waals surface area (Å²) in [7, 11) is 0.